The number of carboxylic acid groups (broad SMARTS) is 1. The number of carboxylic acids is 1. The molecule has 6 nitrogen and oxygen atoms in total. The molecule has 2 aromatic heterocycles. The van der Waals surface area contributed by atoms with Gasteiger partial charge in [0.1, 0.15) is 0 Å². The third-order valence-electron chi connectivity index (χ3n) is 7.76. The van der Waals surface area contributed by atoms with Crippen molar-refractivity contribution in [1.82, 2.24) is 9.55 Å². The molecule has 6 heteroatoms. The van der Waals surface area contributed by atoms with Crippen molar-refractivity contribution in [3.8, 4) is 11.1 Å². The van der Waals surface area contributed by atoms with Crippen LogP contribution in [0, 0.1) is 16.7 Å². The number of carbonyl (C=O) groups is 1. The lowest BCUT2D eigenvalue weighted by Crippen LogP contribution is -2.19. The van der Waals surface area contributed by atoms with Crippen LogP contribution in [-0.4, -0.2) is 31.4 Å². The summed E-state index contributed by atoms with van der Waals surface area (Å²) in [7, 11) is 0. The van der Waals surface area contributed by atoms with Crippen molar-refractivity contribution in [2.45, 2.75) is 58.9 Å². The molecule has 5 rings (SSSR count). The fourth-order valence-corrected chi connectivity index (χ4v) is 5.58. The number of benzene rings is 1. The molecular weight excluding hydrogens is 426 g/mol. The van der Waals surface area contributed by atoms with Gasteiger partial charge >= 0.3 is 5.97 Å². The van der Waals surface area contributed by atoms with Crippen molar-refractivity contribution in [2.75, 3.05) is 0 Å². The van der Waals surface area contributed by atoms with E-state index in [1.807, 2.05) is 18.2 Å². The Morgan fingerprint density at radius 1 is 1.09 bits per heavy atom. The van der Waals surface area contributed by atoms with E-state index in [0.717, 1.165) is 34.3 Å². The highest BCUT2D eigenvalue weighted by Gasteiger charge is 2.44. The zero-order valence-electron chi connectivity index (χ0n) is 19.8. The van der Waals surface area contributed by atoms with Gasteiger partial charge in [-0.1, -0.05) is 12.1 Å². The summed E-state index contributed by atoms with van der Waals surface area (Å²) in [5.74, 6) is -0.215. The van der Waals surface area contributed by atoms with E-state index in [0.29, 0.717) is 22.6 Å². The van der Waals surface area contributed by atoms with Gasteiger partial charge in [-0.05, 0) is 87.5 Å². The Bertz CT molecular complexity index is 1300. The monoisotopic (exact) mass is 457 g/mol. The summed E-state index contributed by atoms with van der Waals surface area (Å²) in [6, 6.07) is 8.94. The molecule has 0 amide bonds. The highest BCUT2D eigenvalue weighted by atomic mass is 16.4. The predicted molar refractivity (Wildman–Crippen MR) is 134 cm³/mol. The lowest BCUT2D eigenvalue weighted by atomic mass is 9.80. The van der Waals surface area contributed by atoms with Crippen molar-refractivity contribution in [1.29, 1.82) is 5.41 Å². The molecule has 0 bridgehead atoms. The van der Waals surface area contributed by atoms with Crippen LogP contribution < -0.4 is 0 Å². The van der Waals surface area contributed by atoms with E-state index in [4.69, 9.17) is 10.4 Å². The fourth-order valence-electron chi connectivity index (χ4n) is 5.58. The molecule has 0 atom stereocenters. The zero-order valence-corrected chi connectivity index (χ0v) is 19.8. The first kappa shape index (κ1) is 22.4. The van der Waals surface area contributed by atoms with Crippen LogP contribution in [-0.2, 0) is 6.54 Å². The first-order valence-electron chi connectivity index (χ1n) is 12.0. The first-order chi connectivity index (χ1) is 16.3. The Morgan fingerprint density at radius 3 is 2.32 bits per heavy atom. The maximum Gasteiger partial charge on any atom is 0.335 e. The topological polar surface area (TPSA) is 99.2 Å². The van der Waals surface area contributed by atoms with Crippen molar-refractivity contribution in [3.05, 3.63) is 59.6 Å². The second-order valence-corrected chi connectivity index (χ2v) is 10.2. The van der Waals surface area contributed by atoms with Gasteiger partial charge in [-0.15, -0.1) is 0 Å². The van der Waals surface area contributed by atoms with Gasteiger partial charge in [0, 0.05) is 41.4 Å². The molecule has 3 aromatic rings. The van der Waals surface area contributed by atoms with Crippen LogP contribution in [0.25, 0.3) is 27.7 Å². The highest BCUT2D eigenvalue weighted by molar-refractivity contribution is 6.22. The number of allylic oxidation sites excluding steroid dienone is 2. The van der Waals surface area contributed by atoms with E-state index in [-0.39, 0.29) is 11.3 Å². The van der Waals surface area contributed by atoms with Gasteiger partial charge in [-0.2, -0.15) is 0 Å². The molecule has 0 radical (unpaired) electrons. The van der Waals surface area contributed by atoms with E-state index < -0.39 is 5.97 Å². The van der Waals surface area contributed by atoms with Gasteiger partial charge in [0.15, 0.2) is 0 Å². The molecule has 2 aliphatic rings. The fraction of sp³-hybridized carbons (Fsp3) is 0.393. The van der Waals surface area contributed by atoms with E-state index in [2.05, 4.69) is 10.8 Å². The lowest BCUT2D eigenvalue weighted by Gasteiger charge is -2.28. The molecule has 0 aliphatic heterocycles. The largest absolute Gasteiger partial charge is 0.512 e. The molecule has 2 aliphatic carbocycles. The number of nitrogens with zero attached hydrogens (tertiary/aromatic N) is 2. The molecule has 2 fully saturated rings. The van der Waals surface area contributed by atoms with Crippen molar-refractivity contribution in [3.63, 3.8) is 0 Å². The first-order valence-corrected chi connectivity index (χ1v) is 12.0. The van der Waals surface area contributed by atoms with Crippen LogP contribution in [0.2, 0.25) is 0 Å². The Kier molecular flexibility index (Phi) is 5.54. The van der Waals surface area contributed by atoms with Gasteiger partial charge < -0.3 is 20.2 Å². The van der Waals surface area contributed by atoms with Crippen LogP contribution in [0.15, 0.2) is 48.5 Å². The number of hydrogen-bond donors (Lipinski definition) is 3. The number of aromatic nitrogens is 2. The second-order valence-electron chi connectivity index (χ2n) is 10.2. The lowest BCUT2D eigenvalue weighted by molar-refractivity contribution is 0.0697. The van der Waals surface area contributed by atoms with E-state index in [9.17, 15) is 15.0 Å². The van der Waals surface area contributed by atoms with Crippen molar-refractivity contribution in [2.24, 2.45) is 11.3 Å². The normalized spacial score (nSPS) is 18.2. The Hall–Kier alpha value is -3.41. The van der Waals surface area contributed by atoms with Crippen molar-refractivity contribution >= 4 is 28.3 Å². The SMILES string of the molecule is CC(=N)/C(=C(/C)O)c1cnc2c(-c3ccc(C(=O)O)cc3)cn(CC3CCC4(CC3)CC4)c2c1. The van der Waals surface area contributed by atoms with Crippen LogP contribution in [0.3, 0.4) is 0 Å². The standard InChI is InChI=1S/C28H31N3O3/c1-17(29)25(18(2)32)22-13-24-26(30-14-22)23(20-3-5-21(6-4-20)27(33)34)16-31(24)15-19-7-9-28(10-8-19)11-12-28/h3-6,13-14,16,19,29,32H,7-12,15H2,1-2H3,(H,33,34)/b25-18+,29-17?. The molecule has 0 saturated heterocycles. The number of aromatic carboxylic acids is 1. The van der Waals surface area contributed by atoms with Gasteiger partial charge in [0.25, 0.3) is 0 Å². The van der Waals surface area contributed by atoms with Gasteiger partial charge in [-0.3, -0.25) is 4.98 Å². The third-order valence-corrected chi connectivity index (χ3v) is 7.76. The van der Waals surface area contributed by atoms with Crippen molar-refractivity contribution < 1.29 is 15.0 Å². The average Bonchev–Trinajstić information content (AvgIpc) is 3.47. The van der Waals surface area contributed by atoms with Gasteiger partial charge in [0.05, 0.1) is 22.4 Å². The summed E-state index contributed by atoms with van der Waals surface area (Å²) in [5, 5.41) is 27.6. The van der Waals surface area contributed by atoms with E-state index >= 15 is 0 Å². The molecule has 2 heterocycles. The van der Waals surface area contributed by atoms with Crippen LogP contribution in [0.5, 0.6) is 0 Å². The number of aliphatic hydroxyl groups is 1. The summed E-state index contributed by atoms with van der Waals surface area (Å²) in [4.78, 5) is 16.1. The number of aliphatic hydroxyl groups excluding tert-OH is 1. The summed E-state index contributed by atoms with van der Waals surface area (Å²) in [6.07, 6.45) is 11.8. The smallest absolute Gasteiger partial charge is 0.335 e. The predicted octanol–water partition coefficient (Wildman–Crippen LogP) is 6.70. The molecule has 176 valence electrons. The maximum absolute atomic E-state index is 11.3. The van der Waals surface area contributed by atoms with E-state index in [1.165, 1.54) is 38.5 Å². The Morgan fingerprint density at radius 2 is 1.76 bits per heavy atom. The number of pyridine rings is 1. The molecule has 1 aromatic carbocycles. The molecule has 0 unspecified atom stereocenters. The third kappa shape index (κ3) is 4.13. The maximum atomic E-state index is 11.3. The minimum absolute atomic E-state index is 0.109. The highest BCUT2D eigenvalue weighted by Crippen LogP contribution is 2.57. The van der Waals surface area contributed by atoms with Crippen LogP contribution in [0.1, 0.15) is 68.3 Å². The minimum atomic E-state index is -0.941. The molecule has 34 heavy (non-hydrogen) atoms. The second kappa shape index (κ2) is 8.42. The van der Waals surface area contributed by atoms with E-state index in [1.54, 1.807) is 32.2 Å². The zero-order chi connectivity index (χ0) is 24.0. The number of nitrogens with one attached hydrogen (secondary N) is 1. The van der Waals surface area contributed by atoms with Crippen LogP contribution >= 0.6 is 0 Å². The average molecular weight is 458 g/mol. The Balaban J connectivity index is 1.57. The summed E-state index contributed by atoms with van der Waals surface area (Å²) >= 11 is 0. The van der Waals surface area contributed by atoms with Gasteiger partial charge in [-0.25, -0.2) is 4.79 Å². The number of hydrogen-bond acceptors (Lipinski definition) is 4. The quantitative estimate of drug-likeness (QED) is 0.283. The molecular formula is C28H31N3O3. The molecule has 2 saturated carbocycles. The summed E-state index contributed by atoms with van der Waals surface area (Å²) in [6.45, 7) is 4.18. The van der Waals surface area contributed by atoms with Crippen LogP contribution in [0.4, 0.5) is 0 Å². The number of fused-ring (bicyclic) bond motifs is 1. The summed E-state index contributed by atoms with van der Waals surface area (Å²) in [5.41, 5.74) is 6.15. The van der Waals surface area contributed by atoms with Gasteiger partial charge in [0.2, 0.25) is 0 Å². The summed E-state index contributed by atoms with van der Waals surface area (Å²) < 4.78 is 2.27. The Labute approximate surface area is 199 Å². The molecule has 1 spiro atoms. The molecule has 3 N–H and O–H groups in total. The number of rotatable bonds is 6. The minimum Gasteiger partial charge on any atom is -0.512 e.